The first-order valence-corrected chi connectivity index (χ1v) is 10.4. The van der Waals surface area contributed by atoms with Crippen LogP contribution in [0.1, 0.15) is 24.8 Å². The number of benzene rings is 2. The van der Waals surface area contributed by atoms with Crippen molar-refractivity contribution in [3.8, 4) is 0 Å². The predicted octanol–water partition coefficient (Wildman–Crippen LogP) is 3.70. The fourth-order valence-corrected chi connectivity index (χ4v) is 4.70. The van der Waals surface area contributed by atoms with E-state index in [0.717, 1.165) is 24.8 Å². The van der Waals surface area contributed by atoms with Crippen molar-refractivity contribution >= 4 is 33.2 Å². The molecule has 1 saturated heterocycles. The van der Waals surface area contributed by atoms with Gasteiger partial charge in [0, 0.05) is 23.8 Å². The Kier molecular flexibility index (Phi) is 5.96. The number of anilines is 1. The van der Waals surface area contributed by atoms with Crippen molar-refractivity contribution in [3.05, 3.63) is 59.1 Å². The first-order valence-electron chi connectivity index (χ1n) is 8.60. The third-order valence-corrected chi connectivity index (χ3v) is 6.50. The van der Waals surface area contributed by atoms with E-state index in [4.69, 9.17) is 11.6 Å². The summed E-state index contributed by atoms with van der Waals surface area (Å²) in [6.45, 7) is 1.15. The highest BCUT2D eigenvalue weighted by Crippen LogP contribution is 2.21. The minimum atomic E-state index is -3.44. The molecule has 1 aliphatic rings. The van der Waals surface area contributed by atoms with Crippen molar-refractivity contribution in [3.63, 3.8) is 0 Å². The van der Waals surface area contributed by atoms with E-state index in [1.165, 1.54) is 4.31 Å². The van der Waals surface area contributed by atoms with Gasteiger partial charge in [-0.2, -0.15) is 4.31 Å². The topological polar surface area (TPSA) is 66.5 Å². The number of nitrogens with one attached hydrogen (secondary N) is 1. The number of sulfonamides is 1. The van der Waals surface area contributed by atoms with Crippen molar-refractivity contribution in [1.82, 2.24) is 4.31 Å². The Labute approximate surface area is 159 Å². The molecule has 1 amide bonds. The number of hydrogen-bond donors (Lipinski definition) is 1. The van der Waals surface area contributed by atoms with Crippen LogP contribution in [0.25, 0.3) is 0 Å². The highest BCUT2D eigenvalue weighted by molar-refractivity contribution is 7.89. The molecule has 3 rings (SSSR count). The van der Waals surface area contributed by atoms with E-state index in [0.29, 0.717) is 23.8 Å². The molecule has 0 atom stereocenters. The van der Waals surface area contributed by atoms with Crippen LogP contribution in [0.5, 0.6) is 0 Å². The highest BCUT2D eigenvalue weighted by Gasteiger charge is 2.25. The molecule has 1 N–H and O–H groups in total. The number of halogens is 1. The van der Waals surface area contributed by atoms with E-state index >= 15 is 0 Å². The Balaban J connectivity index is 1.64. The zero-order valence-electron chi connectivity index (χ0n) is 14.3. The molecule has 1 heterocycles. The van der Waals surface area contributed by atoms with Crippen LogP contribution >= 0.6 is 11.6 Å². The Hall–Kier alpha value is -1.89. The summed E-state index contributed by atoms with van der Waals surface area (Å²) in [5, 5.41) is 3.33. The summed E-state index contributed by atoms with van der Waals surface area (Å²) in [6.07, 6.45) is 3.05. The molecule has 2 aromatic rings. The molecule has 2 aromatic carbocycles. The van der Waals surface area contributed by atoms with Crippen LogP contribution in [-0.4, -0.2) is 31.7 Å². The number of nitrogens with zero attached hydrogens (tertiary/aromatic N) is 1. The van der Waals surface area contributed by atoms with E-state index in [1.54, 1.807) is 48.5 Å². The normalized spacial score (nSPS) is 15.6. The zero-order chi connectivity index (χ0) is 18.6. The van der Waals surface area contributed by atoms with E-state index < -0.39 is 10.0 Å². The van der Waals surface area contributed by atoms with Crippen LogP contribution < -0.4 is 5.32 Å². The maximum atomic E-state index is 12.6. The minimum Gasteiger partial charge on any atom is -0.326 e. The quantitative estimate of drug-likeness (QED) is 0.843. The Morgan fingerprint density at radius 1 is 1.04 bits per heavy atom. The van der Waals surface area contributed by atoms with Crippen LogP contribution in [0.4, 0.5) is 5.69 Å². The molecule has 0 bridgehead atoms. The van der Waals surface area contributed by atoms with E-state index in [2.05, 4.69) is 5.32 Å². The summed E-state index contributed by atoms with van der Waals surface area (Å²) in [7, 11) is -3.44. The van der Waals surface area contributed by atoms with Gasteiger partial charge in [-0.3, -0.25) is 4.79 Å². The minimum absolute atomic E-state index is 0.163. The molecular weight excluding hydrogens is 372 g/mol. The molecular formula is C19H21ClN2O3S. The number of hydrogen-bond acceptors (Lipinski definition) is 3. The highest BCUT2D eigenvalue weighted by atomic mass is 35.5. The molecule has 0 aromatic heterocycles. The number of rotatable bonds is 5. The SMILES string of the molecule is O=C(Cc1ccc(S(=O)(=O)N2CCCCC2)cc1)Nc1cccc(Cl)c1. The molecule has 26 heavy (non-hydrogen) atoms. The van der Waals surface area contributed by atoms with Crippen molar-refractivity contribution in [1.29, 1.82) is 0 Å². The zero-order valence-corrected chi connectivity index (χ0v) is 15.9. The molecule has 0 aliphatic carbocycles. The maximum absolute atomic E-state index is 12.6. The fraction of sp³-hybridized carbons (Fsp3) is 0.316. The van der Waals surface area contributed by atoms with Gasteiger partial charge in [0.2, 0.25) is 15.9 Å². The average Bonchev–Trinajstić information content (AvgIpc) is 2.63. The van der Waals surface area contributed by atoms with Crippen LogP contribution in [0, 0.1) is 0 Å². The van der Waals surface area contributed by atoms with Crippen LogP contribution in [-0.2, 0) is 21.2 Å². The standard InChI is InChI=1S/C19H21ClN2O3S/c20-16-5-4-6-17(14-16)21-19(23)13-15-7-9-18(10-8-15)26(24,25)22-11-2-1-3-12-22/h4-10,14H,1-3,11-13H2,(H,21,23). The molecule has 5 nitrogen and oxygen atoms in total. The lowest BCUT2D eigenvalue weighted by molar-refractivity contribution is -0.115. The van der Waals surface area contributed by atoms with Crippen LogP contribution in [0.3, 0.4) is 0 Å². The molecule has 1 aliphatic heterocycles. The fourth-order valence-electron chi connectivity index (χ4n) is 2.99. The molecule has 7 heteroatoms. The van der Waals surface area contributed by atoms with Gasteiger partial charge in [0.25, 0.3) is 0 Å². The van der Waals surface area contributed by atoms with Gasteiger partial charge in [-0.1, -0.05) is 36.2 Å². The van der Waals surface area contributed by atoms with Gasteiger partial charge in [-0.05, 0) is 48.7 Å². The number of piperidine rings is 1. The van der Waals surface area contributed by atoms with E-state index in [1.807, 2.05) is 0 Å². The molecule has 0 saturated carbocycles. The van der Waals surface area contributed by atoms with Crippen molar-refractivity contribution in [2.45, 2.75) is 30.6 Å². The number of amides is 1. The largest absolute Gasteiger partial charge is 0.326 e. The van der Waals surface area contributed by atoms with Gasteiger partial charge >= 0.3 is 0 Å². The molecule has 138 valence electrons. The maximum Gasteiger partial charge on any atom is 0.243 e. The third-order valence-electron chi connectivity index (χ3n) is 4.35. The van der Waals surface area contributed by atoms with Gasteiger partial charge in [-0.15, -0.1) is 0 Å². The van der Waals surface area contributed by atoms with Crippen molar-refractivity contribution in [2.24, 2.45) is 0 Å². The Morgan fingerprint density at radius 2 is 1.73 bits per heavy atom. The first-order chi connectivity index (χ1) is 12.4. The molecule has 0 spiro atoms. The smallest absolute Gasteiger partial charge is 0.243 e. The summed E-state index contributed by atoms with van der Waals surface area (Å²) < 4.78 is 26.8. The van der Waals surface area contributed by atoms with Gasteiger partial charge in [0.1, 0.15) is 0 Å². The lowest BCUT2D eigenvalue weighted by atomic mass is 10.1. The van der Waals surface area contributed by atoms with Crippen molar-refractivity contribution in [2.75, 3.05) is 18.4 Å². The molecule has 1 fully saturated rings. The van der Waals surface area contributed by atoms with E-state index in [-0.39, 0.29) is 17.2 Å². The van der Waals surface area contributed by atoms with Crippen molar-refractivity contribution < 1.29 is 13.2 Å². The monoisotopic (exact) mass is 392 g/mol. The molecule has 0 radical (unpaired) electrons. The number of carbonyl (C=O) groups is 1. The Morgan fingerprint density at radius 3 is 2.38 bits per heavy atom. The van der Waals surface area contributed by atoms with Gasteiger partial charge in [0.05, 0.1) is 11.3 Å². The van der Waals surface area contributed by atoms with Crippen LogP contribution in [0.2, 0.25) is 5.02 Å². The van der Waals surface area contributed by atoms with Gasteiger partial charge in [-0.25, -0.2) is 8.42 Å². The average molecular weight is 393 g/mol. The lowest BCUT2D eigenvalue weighted by Crippen LogP contribution is -2.35. The third kappa shape index (κ3) is 4.63. The predicted molar refractivity (Wildman–Crippen MR) is 103 cm³/mol. The van der Waals surface area contributed by atoms with Gasteiger partial charge < -0.3 is 5.32 Å². The summed E-state index contributed by atoms with van der Waals surface area (Å²) in [6, 6.07) is 13.5. The second-order valence-corrected chi connectivity index (χ2v) is 8.72. The number of carbonyl (C=O) groups excluding carboxylic acids is 1. The van der Waals surface area contributed by atoms with Crippen LogP contribution in [0.15, 0.2) is 53.4 Å². The summed E-state index contributed by atoms with van der Waals surface area (Å²) in [4.78, 5) is 12.4. The second kappa shape index (κ2) is 8.20. The summed E-state index contributed by atoms with van der Waals surface area (Å²) >= 11 is 5.90. The lowest BCUT2D eigenvalue weighted by Gasteiger charge is -2.25. The first kappa shape index (κ1) is 18.9. The Bertz CT molecular complexity index is 876. The molecule has 0 unspecified atom stereocenters. The van der Waals surface area contributed by atoms with Gasteiger partial charge in [0.15, 0.2) is 0 Å². The van der Waals surface area contributed by atoms with E-state index in [9.17, 15) is 13.2 Å². The second-order valence-electron chi connectivity index (χ2n) is 6.34. The summed E-state index contributed by atoms with van der Waals surface area (Å²) in [5.41, 5.74) is 1.38. The summed E-state index contributed by atoms with van der Waals surface area (Å²) in [5.74, 6) is -0.182.